The summed E-state index contributed by atoms with van der Waals surface area (Å²) in [5.74, 6) is 0.685. The number of nitrogens with one attached hydrogen (secondary N) is 1. The number of nitrogens with zero attached hydrogens (tertiary/aromatic N) is 1. The Balaban J connectivity index is 1.94. The largest absolute Gasteiger partial charge is 0.361 e. The van der Waals surface area contributed by atoms with Gasteiger partial charge in [-0.25, -0.2) is 8.42 Å². The van der Waals surface area contributed by atoms with Crippen LogP contribution in [-0.2, 0) is 15.6 Å². The van der Waals surface area contributed by atoms with Crippen molar-refractivity contribution in [1.29, 1.82) is 0 Å². The van der Waals surface area contributed by atoms with E-state index in [1.165, 1.54) is 30.0 Å². The average Bonchev–Trinajstić information content (AvgIpc) is 2.81. The lowest BCUT2D eigenvalue weighted by Gasteiger charge is -2.28. The van der Waals surface area contributed by atoms with Gasteiger partial charge >= 0.3 is 0 Å². The van der Waals surface area contributed by atoms with Gasteiger partial charge in [-0.2, -0.15) is 0 Å². The molecule has 1 fully saturated rings. The third-order valence-electron chi connectivity index (χ3n) is 4.37. The number of aromatic nitrogens is 1. The fourth-order valence-electron chi connectivity index (χ4n) is 3.24. The van der Waals surface area contributed by atoms with Crippen molar-refractivity contribution >= 4 is 20.7 Å². The minimum atomic E-state index is -2.99. The Morgan fingerprint density at radius 3 is 2.67 bits per heavy atom. The molecular formula is C16H22N2O2S. The van der Waals surface area contributed by atoms with Crippen molar-refractivity contribution in [3.8, 4) is 0 Å². The van der Waals surface area contributed by atoms with Crippen molar-refractivity contribution in [1.82, 2.24) is 9.88 Å². The van der Waals surface area contributed by atoms with Crippen LogP contribution in [0.25, 0.3) is 10.9 Å². The van der Waals surface area contributed by atoms with Gasteiger partial charge in [-0.1, -0.05) is 6.07 Å². The molecule has 0 aliphatic carbocycles. The molecule has 0 bridgehead atoms. The molecule has 0 spiro atoms. The maximum Gasteiger partial charge on any atom is 0.151 e. The smallest absolute Gasteiger partial charge is 0.151 e. The number of hydrogen-bond donors (Lipinski definition) is 1. The minimum Gasteiger partial charge on any atom is -0.361 e. The molecule has 0 unspecified atom stereocenters. The monoisotopic (exact) mass is 306 g/mol. The van der Waals surface area contributed by atoms with E-state index in [1.54, 1.807) is 0 Å². The van der Waals surface area contributed by atoms with Gasteiger partial charge in [-0.15, -0.1) is 0 Å². The van der Waals surface area contributed by atoms with Crippen LogP contribution in [0.15, 0.2) is 24.4 Å². The Morgan fingerprint density at radius 2 is 2.00 bits per heavy atom. The van der Waals surface area contributed by atoms with E-state index >= 15 is 0 Å². The first-order valence-corrected chi connectivity index (χ1v) is 9.44. The molecule has 2 aromatic rings. The fourth-order valence-corrected chi connectivity index (χ4v) is 4.02. The highest BCUT2D eigenvalue weighted by Crippen LogP contribution is 2.33. The number of hydrogen-bond acceptors (Lipinski definition) is 3. The van der Waals surface area contributed by atoms with Crippen molar-refractivity contribution in [2.45, 2.75) is 24.5 Å². The second-order valence-corrected chi connectivity index (χ2v) is 8.41. The second-order valence-electron chi connectivity index (χ2n) is 6.27. The molecule has 1 aliphatic heterocycles. The molecule has 1 saturated heterocycles. The number of H-pyrrole nitrogens is 1. The molecule has 3 rings (SSSR count). The highest BCUT2D eigenvalue weighted by atomic mass is 32.2. The van der Waals surface area contributed by atoms with Crippen LogP contribution in [0.1, 0.15) is 29.9 Å². The molecule has 1 aromatic heterocycles. The summed E-state index contributed by atoms with van der Waals surface area (Å²) >= 11 is 0. The molecule has 0 saturated carbocycles. The summed E-state index contributed by atoms with van der Waals surface area (Å²) < 4.78 is 23.0. The molecule has 2 heterocycles. The fraction of sp³-hybridized carbons (Fsp3) is 0.500. The molecule has 4 nitrogen and oxygen atoms in total. The maximum atomic E-state index is 11.5. The third-order valence-corrected chi connectivity index (χ3v) is 5.22. The number of fused-ring (bicyclic) bond motifs is 1. The predicted octanol–water partition coefficient (Wildman–Crippen LogP) is 2.52. The molecule has 1 aromatic carbocycles. The number of likely N-dealkylation sites (tertiary alicyclic amines) is 1. The van der Waals surface area contributed by atoms with Crippen LogP contribution in [0.3, 0.4) is 0 Å². The van der Waals surface area contributed by atoms with E-state index in [0.717, 1.165) is 24.2 Å². The van der Waals surface area contributed by atoms with Crippen LogP contribution >= 0.6 is 0 Å². The normalized spacial score (nSPS) is 18.4. The number of aromatic amines is 1. The van der Waals surface area contributed by atoms with Crippen LogP contribution < -0.4 is 0 Å². The highest BCUT2D eigenvalue weighted by Gasteiger charge is 2.21. The lowest BCUT2D eigenvalue weighted by molar-refractivity contribution is 0.256. The van der Waals surface area contributed by atoms with E-state index in [-0.39, 0.29) is 5.75 Å². The zero-order valence-corrected chi connectivity index (χ0v) is 13.4. The van der Waals surface area contributed by atoms with Crippen molar-refractivity contribution < 1.29 is 8.42 Å². The first kappa shape index (κ1) is 14.6. The molecular weight excluding hydrogens is 284 g/mol. The van der Waals surface area contributed by atoms with Crippen molar-refractivity contribution in [3.05, 3.63) is 35.5 Å². The Hall–Kier alpha value is -1.33. The predicted molar refractivity (Wildman–Crippen MR) is 86.3 cm³/mol. The topological polar surface area (TPSA) is 53.2 Å². The standard InChI is InChI=1S/C16H22N2O2S/c1-18-7-5-13(6-8-18)15-10-17-16-4-3-12(9-14(15)16)11-21(2,19)20/h3-4,9-10,13,17H,5-8,11H2,1-2H3. The van der Waals surface area contributed by atoms with Gasteiger partial charge in [0.2, 0.25) is 0 Å². The second kappa shape index (κ2) is 5.46. The van der Waals surface area contributed by atoms with Gasteiger partial charge in [-0.05, 0) is 62.2 Å². The van der Waals surface area contributed by atoms with Crippen molar-refractivity contribution in [2.75, 3.05) is 26.4 Å². The highest BCUT2D eigenvalue weighted by molar-refractivity contribution is 7.89. The molecule has 0 radical (unpaired) electrons. The summed E-state index contributed by atoms with van der Waals surface area (Å²) in [4.78, 5) is 5.69. The number of sulfone groups is 1. The van der Waals surface area contributed by atoms with Crippen LogP contribution in [0, 0.1) is 0 Å². The molecule has 1 N–H and O–H groups in total. The Kier molecular flexibility index (Phi) is 3.80. The van der Waals surface area contributed by atoms with Gasteiger partial charge in [0.1, 0.15) is 0 Å². The van der Waals surface area contributed by atoms with E-state index < -0.39 is 9.84 Å². The quantitative estimate of drug-likeness (QED) is 0.948. The molecule has 114 valence electrons. The number of benzene rings is 1. The number of rotatable bonds is 3. The van der Waals surface area contributed by atoms with E-state index in [1.807, 2.05) is 18.2 Å². The molecule has 5 heteroatoms. The summed E-state index contributed by atoms with van der Waals surface area (Å²) in [5, 5.41) is 1.19. The average molecular weight is 306 g/mol. The van der Waals surface area contributed by atoms with Gasteiger partial charge in [0.05, 0.1) is 5.75 Å². The van der Waals surface area contributed by atoms with E-state index in [9.17, 15) is 8.42 Å². The molecule has 0 amide bonds. The van der Waals surface area contributed by atoms with Crippen LogP contribution in [0.2, 0.25) is 0 Å². The summed E-state index contributed by atoms with van der Waals surface area (Å²) in [6, 6.07) is 5.94. The van der Waals surface area contributed by atoms with Gasteiger partial charge in [0.15, 0.2) is 9.84 Å². The van der Waals surface area contributed by atoms with E-state index in [4.69, 9.17) is 0 Å². The van der Waals surface area contributed by atoms with Gasteiger partial charge in [0, 0.05) is 23.4 Å². The van der Waals surface area contributed by atoms with Crippen LogP contribution in [0.4, 0.5) is 0 Å². The Labute approximate surface area is 126 Å². The first-order chi connectivity index (χ1) is 9.92. The van der Waals surface area contributed by atoms with Crippen LogP contribution in [0.5, 0.6) is 0 Å². The maximum absolute atomic E-state index is 11.5. The lowest BCUT2D eigenvalue weighted by Crippen LogP contribution is -2.29. The third kappa shape index (κ3) is 3.30. The van der Waals surface area contributed by atoms with Gasteiger partial charge in [-0.3, -0.25) is 0 Å². The van der Waals surface area contributed by atoms with Crippen LogP contribution in [-0.4, -0.2) is 44.7 Å². The molecule has 21 heavy (non-hydrogen) atoms. The van der Waals surface area contributed by atoms with E-state index in [2.05, 4.69) is 23.1 Å². The Bertz CT molecular complexity index is 741. The summed E-state index contributed by atoms with van der Waals surface area (Å²) in [7, 11) is -0.828. The van der Waals surface area contributed by atoms with E-state index in [0.29, 0.717) is 5.92 Å². The van der Waals surface area contributed by atoms with Crippen molar-refractivity contribution in [3.63, 3.8) is 0 Å². The minimum absolute atomic E-state index is 0.112. The van der Waals surface area contributed by atoms with Crippen molar-refractivity contribution in [2.24, 2.45) is 0 Å². The molecule has 0 atom stereocenters. The summed E-state index contributed by atoms with van der Waals surface area (Å²) in [6.07, 6.45) is 5.72. The SMILES string of the molecule is CN1CCC(c2c[nH]c3ccc(CS(C)(=O)=O)cc23)CC1. The van der Waals surface area contributed by atoms with Gasteiger partial charge < -0.3 is 9.88 Å². The first-order valence-electron chi connectivity index (χ1n) is 7.38. The molecule has 1 aliphatic rings. The zero-order chi connectivity index (χ0) is 15.0. The van der Waals surface area contributed by atoms with Gasteiger partial charge in [0.25, 0.3) is 0 Å². The lowest BCUT2D eigenvalue weighted by atomic mass is 9.89. The number of piperidine rings is 1. The zero-order valence-electron chi connectivity index (χ0n) is 12.6. The summed E-state index contributed by atoms with van der Waals surface area (Å²) in [6.45, 7) is 2.25. The Morgan fingerprint density at radius 1 is 1.29 bits per heavy atom. The summed E-state index contributed by atoms with van der Waals surface area (Å²) in [5.41, 5.74) is 3.31.